The summed E-state index contributed by atoms with van der Waals surface area (Å²) in [7, 11) is 0. The summed E-state index contributed by atoms with van der Waals surface area (Å²) in [6, 6.07) is -0.417. The Morgan fingerprint density at radius 2 is 2.12 bits per heavy atom. The minimum absolute atomic E-state index is 0.202. The Labute approximate surface area is 98.0 Å². The van der Waals surface area contributed by atoms with Crippen LogP contribution in [-0.4, -0.2) is 37.6 Å². The van der Waals surface area contributed by atoms with Crippen molar-refractivity contribution < 1.29 is 14.7 Å². The molecule has 0 aliphatic heterocycles. The van der Waals surface area contributed by atoms with Gasteiger partial charge in [0.2, 0.25) is 0 Å². The van der Waals surface area contributed by atoms with Crippen LogP contribution in [0.4, 0.5) is 10.6 Å². The van der Waals surface area contributed by atoms with E-state index in [0.717, 1.165) is 4.68 Å². The van der Waals surface area contributed by atoms with Crippen molar-refractivity contribution in [1.29, 1.82) is 0 Å². The van der Waals surface area contributed by atoms with Crippen LogP contribution < -0.4 is 10.6 Å². The van der Waals surface area contributed by atoms with E-state index in [-0.39, 0.29) is 17.9 Å². The third-order valence-corrected chi connectivity index (χ3v) is 1.57. The van der Waals surface area contributed by atoms with E-state index in [4.69, 9.17) is 5.11 Å². The van der Waals surface area contributed by atoms with E-state index in [1.54, 1.807) is 0 Å². The highest BCUT2D eigenvalue weighted by atomic mass is 16.4. The molecule has 0 atom stereocenters. The van der Waals surface area contributed by atoms with Crippen LogP contribution in [0.5, 0.6) is 0 Å². The fraction of sp³-hybridized carbons (Fsp3) is 0.556. The Bertz CT molecular complexity index is 421. The van der Waals surface area contributed by atoms with E-state index in [0.29, 0.717) is 0 Å². The highest BCUT2D eigenvalue weighted by Crippen LogP contribution is 2.02. The number of hydrogen-bond acceptors (Lipinski definition) is 4. The van der Waals surface area contributed by atoms with Crippen LogP contribution in [0.25, 0.3) is 0 Å². The first-order chi connectivity index (χ1) is 7.76. The average Bonchev–Trinajstić information content (AvgIpc) is 2.46. The third-order valence-electron chi connectivity index (χ3n) is 1.57. The number of nitrogens with zero attached hydrogens (tertiary/aromatic N) is 3. The van der Waals surface area contributed by atoms with Gasteiger partial charge in [-0.2, -0.15) is 0 Å². The van der Waals surface area contributed by atoms with Gasteiger partial charge in [0.15, 0.2) is 5.82 Å². The Balaban J connectivity index is 2.55. The number of carboxylic acid groups (broad SMARTS) is 1. The zero-order chi connectivity index (χ0) is 13.1. The van der Waals surface area contributed by atoms with Crippen molar-refractivity contribution in [2.45, 2.75) is 32.9 Å². The van der Waals surface area contributed by atoms with Crippen LogP contribution >= 0.6 is 0 Å². The van der Waals surface area contributed by atoms with Crippen molar-refractivity contribution in [3.63, 3.8) is 0 Å². The molecular formula is C9H15N5O3. The first kappa shape index (κ1) is 12.9. The van der Waals surface area contributed by atoms with Crippen LogP contribution in [0.15, 0.2) is 6.20 Å². The summed E-state index contributed by atoms with van der Waals surface area (Å²) >= 11 is 0. The summed E-state index contributed by atoms with van der Waals surface area (Å²) < 4.78 is 1.12. The van der Waals surface area contributed by atoms with Crippen molar-refractivity contribution in [3.8, 4) is 0 Å². The molecule has 0 aliphatic carbocycles. The minimum atomic E-state index is -1.03. The smallest absolute Gasteiger partial charge is 0.325 e. The van der Waals surface area contributed by atoms with Crippen LogP contribution in [0.3, 0.4) is 0 Å². The maximum absolute atomic E-state index is 11.4. The van der Waals surface area contributed by atoms with Crippen LogP contribution in [0.1, 0.15) is 20.8 Å². The van der Waals surface area contributed by atoms with Crippen molar-refractivity contribution in [2.24, 2.45) is 0 Å². The van der Waals surface area contributed by atoms with Gasteiger partial charge in [-0.3, -0.25) is 10.1 Å². The Hall–Kier alpha value is -2.12. The zero-order valence-electron chi connectivity index (χ0n) is 9.89. The molecule has 0 fully saturated rings. The second kappa shape index (κ2) is 4.81. The van der Waals surface area contributed by atoms with Crippen molar-refractivity contribution in [1.82, 2.24) is 20.3 Å². The lowest BCUT2D eigenvalue weighted by Gasteiger charge is -2.19. The number of hydrogen-bond donors (Lipinski definition) is 3. The number of urea groups is 1. The molecular weight excluding hydrogens is 226 g/mol. The van der Waals surface area contributed by atoms with Crippen LogP contribution in [0.2, 0.25) is 0 Å². The van der Waals surface area contributed by atoms with Gasteiger partial charge in [-0.1, -0.05) is 5.21 Å². The molecule has 17 heavy (non-hydrogen) atoms. The molecule has 94 valence electrons. The number of aromatic nitrogens is 3. The van der Waals surface area contributed by atoms with Gasteiger partial charge in [-0.05, 0) is 20.8 Å². The predicted molar refractivity (Wildman–Crippen MR) is 59.6 cm³/mol. The maximum atomic E-state index is 11.4. The van der Waals surface area contributed by atoms with Crippen molar-refractivity contribution >= 4 is 17.8 Å². The summed E-state index contributed by atoms with van der Waals surface area (Å²) in [5.74, 6) is -0.825. The van der Waals surface area contributed by atoms with Gasteiger partial charge in [0.05, 0.1) is 6.20 Å². The molecule has 0 unspecified atom stereocenters. The highest BCUT2D eigenvalue weighted by Gasteiger charge is 2.14. The first-order valence-corrected chi connectivity index (χ1v) is 4.97. The van der Waals surface area contributed by atoms with Crippen LogP contribution in [0, 0.1) is 0 Å². The lowest BCUT2D eigenvalue weighted by atomic mass is 10.1. The van der Waals surface area contributed by atoms with Gasteiger partial charge < -0.3 is 10.4 Å². The topological polar surface area (TPSA) is 109 Å². The molecule has 2 amide bonds. The largest absolute Gasteiger partial charge is 0.480 e. The molecule has 1 aromatic heterocycles. The van der Waals surface area contributed by atoms with Gasteiger partial charge in [0, 0.05) is 5.54 Å². The van der Waals surface area contributed by atoms with E-state index in [1.807, 2.05) is 20.8 Å². The molecule has 0 aliphatic rings. The normalized spacial score (nSPS) is 11.0. The van der Waals surface area contributed by atoms with E-state index in [2.05, 4.69) is 20.9 Å². The second-order valence-electron chi connectivity index (χ2n) is 4.52. The maximum Gasteiger partial charge on any atom is 0.325 e. The first-order valence-electron chi connectivity index (χ1n) is 4.97. The molecule has 0 saturated carbocycles. The number of carbonyl (C=O) groups is 2. The molecule has 3 N–H and O–H groups in total. The number of carboxylic acids is 1. The van der Waals surface area contributed by atoms with Crippen molar-refractivity contribution in [2.75, 3.05) is 5.32 Å². The van der Waals surface area contributed by atoms with E-state index in [1.165, 1.54) is 6.20 Å². The van der Waals surface area contributed by atoms with Gasteiger partial charge in [0.1, 0.15) is 6.54 Å². The number of anilines is 1. The molecule has 1 aromatic rings. The zero-order valence-corrected chi connectivity index (χ0v) is 9.89. The Morgan fingerprint density at radius 3 is 2.65 bits per heavy atom. The van der Waals surface area contributed by atoms with E-state index in [9.17, 15) is 9.59 Å². The lowest BCUT2D eigenvalue weighted by molar-refractivity contribution is -0.137. The molecule has 0 aromatic carbocycles. The van der Waals surface area contributed by atoms with Gasteiger partial charge in [-0.15, -0.1) is 5.10 Å². The number of amides is 2. The summed E-state index contributed by atoms with van der Waals surface area (Å²) in [4.78, 5) is 21.8. The molecule has 8 nitrogen and oxygen atoms in total. The standard InChI is InChI=1S/C9H15N5O3/c1-9(2,3)11-8(17)10-6-4-14(13-12-6)5-7(15)16/h4H,5H2,1-3H3,(H,15,16)(H2,10,11,17). The predicted octanol–water partition coefficient (Wildman–Crippen LogP) is 0.283. The minimum Gasteiger partial charge on any atom is -0.480 e. The SMILES string of the molecule is CC(C)(C)NC(=O)Nc1cn(CC(=O)O)nn1. The number of carbonyl (C=O) groups excluding carboxylic acids is 1. The summed E-state index contributed by atoms with van der Waals surface area (Å²) in [6.45, 7) is 5.23. The van der Waals surface area contributed by atoms with E-state index >= 15 is 0 Å². The summed E-state index contributed by atoms with van der Waals surface area (Å²) in [6.07, 6.45) is 1.34. The lowest BCUT2D eigenvalue weighted by Crippen LogP contribution is -2.43. The van der Waals surface area contributed by atoms with Gasteiger partial charge >= 0.3 is 12.0 Å². The molecule has 0 spiro atoms. The van der Waals surface area contributed by atoms with Crippen LogP contribution in [-0.2, 0) is 11.3 Å². The van der Waals surface area contributed by atoms with Gasteiger partial charge in [0.25, 0.3) is 0 Å². The Kier molecular flexibility index (Phi) is 3.66. The Morgan fingerprint density at radius 1 is 1.47 bits per heavy atom. The molecule has 1 heterocycles. The molecule has 1 rings (SSSR count). The molecule has 0 saturated heterocycles. The monoisotopic (exact) mass is 241 g/mol. The molecule has 8 heteroatoms. The fourth-order valence-electron chi connectivity index (χ4n) is 1.06. The average molecular weight is 241 g/mol. The number of nitrogens with one attached hydrogen (secondary N) is 2. The summed E-state index contributed by atoms with van der Waals surface area (Å²) in [5, 5.41) is 20.8. The fourth-order valence-corrected chi connectivity index (χ4v) is 1.06. The number of aliphatic carboxylic acids is 1. The van der Waals surface area contributed by atoms with Crippen molar-refractivity contribution in [3.05, 3.63) is 6.20 Å². The molecule has 0 bridgehead atoms. The summed E-state index contributed by atoms with van der Waals surface area (Å²) in [5.41, 5.74) is -0.360. The number of rotatable bonds is 3. The second-order valence-corrected chi connectivity index (χ2v) is 4.52. The highest BCUT2D eigenvalue weighted by molar-refractivity contribution is 5.88. The van der Waals surface area contributed by atoms with E-state index < -0.39 is 12.0 Å². The van der Waals surface area contributed by atoms with Gasteiger partial charge in [-0.25, -0.2) is 9.48 Å². The third kappa shape index (κ3) is 4.96. The quantitative estimate of drug-likeness (QED) is 0.704. The molecule has 0 radical (unpaired) electrons.